The Kier molecular flexibility index (Phi) is 7.13. The molecule has 2 aromatic carbocycles. The smallest absolute Gasteiger partial charge is 0.313 e. The SMILES string of the molecule is CC(C)Cc1ccc(C(C)NC(=O)C(=O)Nc2ccc(CC#N)cc2)cc1. The molecule has 0 fully saturated rings. The molecule has 5 heteroatoms. The molecule has 0 bridgehead atoms. The molecule has 0 spiro atoms. The summed E-state index contributed by atoms with van der Waals surface area (Å²) in [6, 6.07) is 16.7. The monoisotopic (exact) mass is 363 g/mol. The molecule has 2 N–H and O–H groups in total. The molecule has 2 rings (SSSR count). The number of hydrogen-bond donors (Lipinski definition) is 2. The van der Waals surface area contributed by atoms with E-state index in [2.05, 4.69) is 42.7 Å². The molecule has 2 amide bonds. The first-order chi connectivity index (χ1) is 12.9. The highest BCUT2D eigenvalue weighted by molar-refractivity contribution is 6.39. The van der Waals surface area contributed by atoms with Crippen molar-refractivity contribution in [2.45, 2.75) is 39.7 Å². The third kappa shape index (κ3) is 6.27. The van der Waals surface area contributed by atoms with Crippen LogP contribution in [0.15, 0.2) is 48.5 Å². The molecule has 0 heterocycles. The van der Waals surface area contributed by atoms with Gasteiger partial charge in [-0.1, -0.05) is 50.2 Å². The van der Waals surface area contributed by atoms with E-state index in [1.807, 2.05) is 19.1 Å². The largest absolute Gasteiger partial charge is 0.341 e. The van der Waals surface area contributed by atoms with Crippen LogP contribution in [0.3, 0.4) is 0 Å². The van der Waals surface area contributed by atoms with Gasteiger partial charge in [0.15, 0.2) is 0 Å². The van der Waals surface area contributed by atoms with Gasteiger partial charge in [-0.25, -0.2) is 0 Å². The van der Waals surface area contributed by atoms with Crippen molar-refractivity contribution >= 4 is 17.5 Å². The minimum Gasteiger partial charge on any atom is -0.341 e. The maximum Gasteiger partial charge on any atom is 0.313 e. The van der Waals surface area contributed by atoms with Gasteiger partial charge in [0, 0.05) is 5.69 Å². The van der Waals surface area contributed by atoms with Crippen LogP contribution in [-0.2, 0) is 22.4 Å². The van der Waals surface area contributed by atoms with Crippen molar-refractivity contribution < 1.29 is 9.59 Å². The Labute approximate surface area is 160 Å². The highest BCUT2D eigenvalue weighted by atomic mass is 16.2. The van der Waals surface area contributed by atoms with E-state index < -0.39 is 11.8 Å². The highest BCUT2D eigenvalue weighted by Gasteiger charge is 2.17. The van der Waals surface area contributed by atoms with Crippen LogP contribution in [0.4, 0.5) is 5.69 Å². The number of carbonyl (C=O) groups excluding carboxylic acids is 2. The normalized spacial score (nSPS) is 11.5. The van der Waals surface area contributed by atoms with Crippen molar-refractivity contribution in [3.05, 3.63) is 65.2 Å². The minimum atomic E-state index is -0.716. The topological polar surface area (TPSA) is 82.0 Å². The van der Waals surface area contributed by atoms with Crippen LogP contribution in [0.2, 0.25) is 0 Å². The lowest BCUT2D eigenvalue weighted by Crippen LogP contribution is -2.36. The number of hydrogen-bond acceptors (Lipinski definition) is 3. The molecule has 0 aliphatic rings. The van der Waals surface area contributed by atoms with Crippen LogP contribution >= 0.6 is 0 Å². The van der Waals surface area contributed by atoms with E-state index in [4.69, 9.17) is 5.26 Å². The van der Waals surface area contributed by atoms with Crippen molar-refractivity contribution in [1.82, 2.24) is 5.32 Å². The van der Waals surface area contributed by atoms with Crippen molar-refractivity contribution in [2.75, 3.05) is 5.32 Å². The van der Waals surface area contributed by atoms with Gasteiger partial charge in [0.05, 0.1) is 18.5 Å². The Morgan fingerprint density at radius 2 is 1.52 bits per heavy atom. The fraction of sp³-hybridized carbons (Fsp3) is 0.318. The Balaban J connectivity index is 1.91. The zero-order valence-corrected chi connectivity index (χ0v) is 16.0. The Hall–Kier alpha value is -3.13. The van der Waals surface area contributed by atoms with Gasteiger partial charge in [-0.3, -0.25) is 9.59 Å². The fourth-order valence-corrected chi connectivity index (χ4v) is 2.74. The molecule has 0 aromatic heterocycles. The molecule has 0 aliphatic carbocycles. The summed E-state index contributed by atoms with van der Waals surface area (Å²) in [7, 11) is 0. The quantitative estimate of drug-likeness (QED) is 0.767. The van der Waals surface area contributed by atoms with Gasteiger partial charge in [-0.15, -0.1) is 0 Å². The first-order valence-corrected chi connectivity index (χ1v) is 9.05. The number of nitrogens with one attached hydrogen (secondary N) is 2. The summed E-state index contributed by atoms with van der Waals surface area (Å²) in [4.78, 5) is 24.2. The first-order valence-electron chi connectivity index (χ1n) is 9.05. The number of carbonyl (C=O) groups is 2. The first kappa shape index (κ1) is 20.2. The third-order valence-electron chi connectivity index (χ3n) is 4.17. The molecule has 5 nitrogen and oxygen atoms in total. The fourth-order valence-electron chi connectivity index (χ4n) is 2.74. The van der Waals surface area contributed by atoms with Crippen molar-refractivity contribution in [3.63, 3.8) is 0 Å². The number of benzene rings is 2. The molecular weight excluding hydrogens is 338 g/mol. The Morgan fingerprint density at radius 3 is 2.07 bits per heavy atom. The number of nitrogens with zero attached hydrogens (tertiary/aromatic N) is 1. The van der Waals surface area contributed by atoms with E-state index in [-0.39, 0.29) is 6.04 Å². The van der Waals surface area contributed by atoms with Gasteiger partial charge in [0.25, 0.3) is 0 Å². The second-order valence-electron chi connectivity index (χ2n) is 7.02. The van der Waals surface area contributed by atoms with Gasteiger partial charge < -0.3 is 10.6 Å². The number of amides is 2. The Bertz CT molecular complexity index is 818. The summed E-state index contributed by atoms with van der Waals surface area (Å²) < 4.78 is 0. The number of nitriles is 1. The molecule has 0 saturated heterocycles. The molecule has 0 radical (unpaired) electrons. The summed E-state index contributed by atoms with van der Waals surface area (Å²) in [5, 5.41) is 13.9. The zero-order valence-electron chi connectivity index (χ0n) is 16.0. The van der Waals surface area contributed by atoms with E-state index in [0.717, 1.165) is 17.5 Å². The predicted molar refractivity (Wildman–Crippen MR) is 106 cm³/mol. The Morgan fingerprint density at radius 1 is 0.926 bits per heavy atom. The lowest BCUT2D eigenvalue weighted by atomic mass is 10.00. The van der Waals surface area contributed by atoms with Crippen LogP contribution in [0, 0.1) is 17.2 Å². The lowest BCUT2D eigenvalue weighted by Gasteiger charge is -2.15. The van der Waals surface area contributed by atoms with Crippen molar-refractivity contribution in [3.8, 4) is 6.07 Å². The van der Waals surface area contributed by atoms with E-state index in [1.54, 1.807) is 24.3 Å². The van der Waals surface area contributed by atoms with Crippen molar-refractivity contribution in [1.29, 1.82) is 5.26 Å². The van der Waals surface area contributed by atoms with Gasteiger partial charge in [0.2, 0.25) is 0 Å². The molecule has 27 heavy (non-hydrogen) atoms. The molecule has 0 saturated carbocycles. The molecular formula is C22H25N3O2. The van der Waals surface area contributed by atoms with Gasteiger partial charge in [-0.05, 0) is 48.1 Å². The average molecular weight is 363 g/mol. The average Bonchev–Trinajstić information content (AvgIpc) is 2.63. The van der Waals surface area contributed by atoms with Crippen LogP contribution in [0.5, 0.6) is 0 Å². The van der Waals surface area contributed by atoms with E-state index >= 15 is 0 Å². The maximum atomic E-state index is 12.1. The zero-order chi connectivity index (χ0) is 19.8. The van der Waals surface area contributed by atoms with Gasteiger partial charge in [-0.2, -0.15) is 5.26 Å². The van der Waals surface area contributed by atoms with Crippen LogP contribution in [0.25, 0.3) is 0 Å². The second-order valence-corrected chi connectivity index (χ2v) is 7.02. The number of rotatable bonds is 6. The molecule has 0 aliphatic heterocycles. The van der Waals surface area contributed by atoms with Crippen molar-refractivity contribution in [2.24, 2.45) is 5.92 Å². The predicted octanol–water partition coefficient (Wildman–Crippen LogP) is 3.77. The van der Waals surface area contributed by atoms with E-state index in [1.165, 1.54) is 5.56 Å². The van der Waals surface area contributed by atoms with E-state index in [9.17, 15) is 9.59 Å². The summed E-state index contributed by atoms with van der Waals surface area (Å²) >= 11 is 0. The summed E-state index contributed by atoms with van der Waals surface area (Å²) in [5.41, 5.74) is 3.58. The van der Waals surface area contributed by atoms with Crippen LogP contribution in [-0.4, -0.2) is 11.8 Å². The summed E-state index contributed by atoms with van der Waals surface area (Å²) in [6.07, 6.45) is 1.32. The maximum absolute atomic E-state index is 12.1. The molecule has 140 valence electrons. The molecule has 1 unspecified atom stereocenters. The number of anilines is 1. The molecule has 1 atom stereocenters. The van der Waals surface area contributed by atoms with Gasteiger partial charge in [0.1, 0.15) is 0 Å². The minimum absolute atomic E-state index is 0.269. The van der Waals surface area contributed by atoms with Gasteiger partial charge >= 0.3 is 11.8 Å². The summed E-state index contributed by atoms with van der Waals surface area (Å²) in [5.74, 6) is -0.813. The molecule has 2 aromatic rings. The van der Waals surface area contributed by atoms with Crippen LogP contribution in [0.1, 0.15) is 43.5 Å². The van der Waals surface area contributed by atoms with Crippen LogP contribution < -0.4 is 10.6 Å². The van der Waals surface area contributed by atoms with E-state index in [0.29, 0.717) is 18.0 Å². The third-order valence-corrected chi connectivity index (χ3v) is 4.17. The highest BCUT2D eigenvalue weighted by Crippen LogP contribution is 2.16. The second kappa shape index (κ2) is 9.54. The lowest BCUT2D eigenvalue weighted by molar-refractivity contribution is -0.136. The summed E-state index contributed by atoms with van der Waals surface area (Å²) in [6.45, 7) is 6.19. The standard InChI is InChI=1S/C22H25N3O2/c1-15(2)14-18-4-8-19(9-5-18)16(3)24-21(26)22(27)25-20-10-6-17(7-11-20)12-13-23/h4-11,15-16H,12,14H2,1-3H3,(H,24,26)(H,25,27).